The molecule has 1 saturated heterocycles. The maximum Gasteiger partial charge on any atom is 0.387 e. The van der Waals surface area contributed by atoms with Crippen molar-refractivity contribution in [2.24, 2.45) is 0 Å². The van der Waals surface area contributed by atoms with Crippen molar-refractivity contribution < 1.29 is 23.4 Å². The molecule has 0 aliphatic carbocycles. The molecule has 21 heavy (non-hydrogen) atoms. The third-order valence-corrected chi connectivity index (χ3v) is 3.69. The first-order valence-corrected chi connectivity index (χ1v) is 7.04. The van der Waals surface area contributed by atoms with E-state index in [1.54, 1.807) is 25.1 Å². The SMILES string of the molecule is Cc1cccc(CNCC2(O)CCOCC2)c1OC(F)F. The Morgan fingerprint density at radius 1 is 1.38 bits per heavy atom. The van der Waals surface area contributed by atoms with Gasteiger partial charge in [-0.15, -0.1) is 0 Å². The summed E-state index contributed by atoms with van der Waals surface area (Å²) in [5.74, 6) is 0.207. The Balaban J connectivity index is 1.95. The van der Waals surface area contributed by atoms with E-state index in [-0.39, 0.29) is 5.75 Å². The van der Waals surface area contributed by atoms with Crippen LogP contribution in [0.2, 0.25) is 0 Å². The number of nitrogens with one attached hydrogen (secondary N) is 1. The number of aryl methyl sites for hydroxylation is 1. The van der Waals surface area contributed by atoms with Gasteiger partial charge in [-0.25, -0.2) is 0 Å². The molecule has 1 aliphatic rings. The molecule has 2 rings (SSSR count). The van der Waals surface area contributed by atoms with Crippen LogP contribution in [0.4, 0.5) is 8.78 Å². The number of ether oxygens (including phenoxy) is 2. The summed E-state index contributed by atoms with van der Waals surface area (Å²) in [5.41, 5.74) is 0.538. The zero-order valence-electron chi connectivity index (χ0n) is 12.1. The summed E-state index contributed by atoms with van der Waals surface area (Å²) in [7, 11) is 0. The Morgan fingerprint density at radius 3 is 2.76 bits per heavy atom. The normalized spacial score (nSPS) is 18.0. The van der Waals surface area contributed by atoms with Crippen molar-refractivity contribution in [2.45, 2.75) is 38.5 Å². The molecular formula is C15H21F2NO3. The van der Waals surface area contributed by atoms with Gasteiger partial charge in [0.2, 0.25) is 0 Å². The second-order valence-corrected chi connectivity index (χ2v) is 5.38. The van der Waals surface area contributed by atoms with Crippen molar-refractivity contribution in [2.75, 3.05) is 19.8 Å². The summed E-state index contributed by atoms with van der Waals surface area (Å²) in [4.78, 5) is 0. The minimum Gasteiger partial charge on any atom is -0.434 e. The summed E-state index contributed by atoms with van der Waals surface area (Å²) < 4.78 is 34.7. The van der Waals surface area contributed by atoms with Gasteiger partial charge in [-0.05, 0) is 12.5 Å². The van der Waals surface area contributed by atoms with E-state index in [0.717, 1.165) is 0 Å². The summed E-state index contributed by atoms with van der Waals surface area (Å²) in [6.07, 6.45) is 1.16. The molecule has 0 bridgehead atoms. The molecule has 4 nitrogen and oxygen atoms in total. The van der Waals surface area contributed by atoms with Crippen molar-refractivity contribution in [3.05, 3.63) is 29.3 Å². The molecule has 118 valence electrons. The molecule has 0 spiro atoms. The highest BCUT2D eigenvalue weighted by Gasteiger charge is 2.29. The number of alkyl halides is 2. The van der Waals surface area contributed by atoms with Crippen molar-refractivity contribution in [3.63, 3.8) is 0 Å². The smallest absolute Gasteiger partial charge is 0.387 e. The van der Waals surface area contributed by atoms with Crippen LogP contribution < -0.4 is 10.1 Å². The van der Waals surface area contributed by atoms with Gasteiger partial charge >= 0.3 is 6.61 Å². The first kappa shape index (κ1) is 16.1. The molecule has 0 radical (unpaired) electrons. The molecule has 1 aromatic rings. The van der Waals surface area contributed by atoms with Crippen LogP contribution in [0.5, 0.6) is 5.75 Å². The third kappa shape index (κ3) is 4.62. The fourth-order valence-corrected chi connectivity index (χ4v) is 2.47. The Bertz CT molecular complexity index is 462. The number of aliphatic hydroxyl groups is 1. The fraction of sp³-hybridized carbons (Fsp3) is 0.600. The van der Waals surface area contributed by atoms with Gasteiger partial charge in [-0.3, -0.25) is 0 Å². The monoisotopic (exact) mass is 301 g/mol. The minimum atomic E-state index is -2.84. The van der Waals surface area contributed by atoms with Crippen molar-refractivity contribution in [1.82, 2.24) is 5.32 Å². The lowest BCUT2D eigenvalue weighted by molar-refractivity contribution is -0.0622. The van der Waals surface area contributed by atoms with Gasteiger partial charge < -0.3 is 19.9 Å². The second-order valence-electron chi connectivity index (χ2n) is 5.38. The summed E-state index contributed by atoms with van der Waals surface area (Å²) >= 11 is 0. The summed E-state index contributed by atoms with van der Waals surface area (Å²) in [5, 5.41) is 13.4. The van der Waals surface area contributed by atoms with Crippen LogP contribution >= 0.6 is 0 Å². The summed E-state index contributed by atoms with van der Waals surface area (Å²) in [6, 6.07) is 5.27. The van der Waals surface area contributed by atoms with Crippen LogP contribution in [0, 0.1) is 6.92 Å². The van der Waals surface area contributed by atoms with Gasteiger partial charge in [-0.1, -0.05) is 18.2 Å². The molecule has 0 amide bonds. The molecule has 2 N–H and O–H groups in total. The Kier molecular flexibility index (Phi) is 5.50. The van der Waals surface area contributed by atoms with Crippen LogP contribution in [-0.4, -0.2) is 37.1 Å². The highest BCUT2D eigenvalue weighted by molar-refractivity contribution is 5.40. The minimum absolute atomic E-state index is 0.207. The molecule has 1 aromatic carbocycles. The van der Waals surface area contributed by atoms with E-state index in [2.05, 4.69) is 10.1 Å². The lowest BCUT2D eigenvalue weighted by atomic mass is 9.94. The zero-order chi connectivity index (χ0) is 15.3. The van der Waals surface area contributed by atoms with Crippen LogP contribution in [0.1, 0.15) is 24.0 Å². The van der Waals surface area contributed by atoms with E-state index >= 15 is 0 Å². The van der Waals surface area contributed by atoms with Crippen molar-refractivity contribution >= 4 is 0 Å². The van der Waals surface area contributed by atoms with Gasteiger partial charge in [0.25, 0.3) is 0 Å². The van der Waals surface area contributed by atoms with E-state index in [4.69, 9.17) is 4.74 Å². The van der Waals surface area contributed by atoms with Crippen LogP contribution in [0.15, 0.2) is 18.2 Å². The van der Waals surface area contributed by atoms with Gasteiger partial charge in [0.1, 0.15) is 5.75 Å². The highest BCUT2D eigenvalue weighted by atomic mass is 19.3. The van der Waals surface area contributed by atoms with Gasteiger partial charge in [0, 0.05) is 44.7 Å². The van der Waals surface area contributed by atoms with E-state index in [1.807, 2.05) is 0 Å². The molecule has 1 heterocycles. The number of rotatable bonds is 6. The number of para-hydroxylation sites is 1. The topological polar surface area (TPSA) is 50.7 Å². The molecule has 1 fully saturated rings. The lowest BCUT2D eigenvalue weighted by Gasteiger charge is -2.32. The van der Waals surface area contributed by atoms with Gasteiger partial charge in [0.05, 0.1) is 5.60 Å². The standard InChI is InChI=1S/C15H21F2NO3/c1-11-3-2-4-12(13(11)21-14(16)17)9-18-10-15(19)5-7-20-8-6-15/h2-4,14,18-19H,5-10H2,1H3. The largest absolute Gasteiger partial charge is 0.434 e. The van der Waals surface area contributed by atoms with E-state index in [0.29, 0.717) is 50.3 Å². The lowest BCUT2D eigenvalue weighted by Crippen LogP contribution is -2.44. The average Bonchev–Trinajstić information content (AvgIpc) is 2.43. The van der Waals surface area contributed by atoms with Crippen molar-refractivity contribution in [3.8, 4) is 5.75 Å². The quantitative estimate of drug-likeness (QED) is 0.846. The number of halogens is 2. The Hall–Kier alpha value is -1.24. The first-order valence-electron chi connectivity index (χ1n) is 7.04. The van der Waals surface area contributed by atoms with Crippen LogP contribution in [0.25, 0.3) is 0 Å². The van der Waals surface area contributed by atoms with E-state index in [9.17, 15) is 13.9 Å². The number of benzene rings is 1. The molecule has 0 aromatic heterocycles. The maximum absolute atomic E-state index is 12.5. The maximum atomic E-state index is 12.5. The van der Waals surface area contributed by atoms with Gasteiger partial charge in [0.15, 0.2) is 0 Å². The highest BCUT2D eigenvalue weighted by Crippen LogP contribution is 2.25. The van der Waals surface area contributed by atoms with E-state index < -0.39 is 12.2 Å². The van der Waals surface area contributed by atoms with Crippen molar-refractivity contribution in [1.29, 1.82) is 0 Å². The second kappa shape index (κ2) is 7.15. The molecule has 6 heteroatoms. The molecular weight excluding hydrogens is 280 g/mol. The summed E-state index contributed by atoms with van der Waals surface area (Å²) in [6.45, 7) is 0.744. The predicted molar refractivity (Wildman–Crippen MR) is 74.5 cm³/mol. The molecule has 1 aliphatic heterocycles. The predicted octanol–water partition coefficient (Wildman–Crippen LogP) is 2.23. The first-order chi connectivity index (χ1) is 10.0. The average molecular weight is 301 g/mol. The third-order valence-electron chi connectivity index (χ3n) is 3.69. The molecule has 0 atom stereocenters. The van der Waals surface area contributed by atoms with Crippen LogP contribution in [0.3, 0.4) is 0 Å². The van der Waals surface area contributed by atoms with E-state index in [1.165, 1.54) is 0 Å². The van der Waals surface area contributed by atoms with Gasteiger partial charge in [-0.2, -0.15) is 8.78 Å². The Labute approximate surface area is 123 Å². The molecule has 0 unspecified atom stereocenters. The number of hydrogen-bond acceptors (Lipinski definition) is 4. The molecule has 0 saturated carbocycles. The van der Waals surface area contributed by atoms with Crippen LogP contribution in [-0.2, 0) is 11.3 Å². The fourth-order valence-electron chi connectivity index (χ4n) is 2.47. The Morgan fingerprint density at radius 2 is 2.10 bits per heavy atom. The number of hydrogen-bond donors (Lipinski definition) is 2. The zero-order valence-corrected chi connectivity index (χ0v) is 12.1.